The van der Waals surface area contributed by atoms with Gasteiger partial charge in [-0.15, -0.1) is 6.58 Å². The zero-order chi connectivity index (χ0) is 13.6. The smallest absolute Gasteiger partial charge is 0.202 e. The fraction of sp³-hybridized carbons (Fsp3) is 0.467. The summed E-state index contributed by atoms with van der Waals surface area (Å²) in [7, 11) is 0. The molecule has 1 fully saturated rings. The third-order valence-corrected chi connectivity index (χ3v) is 4.34. The Morgan fingerprint density at radius 2 is 2.06 bits per heavy atom. The van der Waals surface area contributed by atoms with Crippen molar-refractivity contribution in [2.75, 3.05) is 0 Å². The summed E-state index contributed by atoms with van der Waals surface area (Å²) in [5.74, 6) is -2.54. The van der Waals surface area contributed by atoms with E-state index in [-0.39, 0.29) is 11.0 Å². The zero-order valence-corrected chi connectivity index (χ0v) is 11.4. The largest absolute Gasteiger partial charge is 0.270 e. The van der Waals surface area contributed by atoms with Gasteiger partial charge in [0.2, 0.25) is 0 Å². The molecule has 1 unspecified atom stereocenters. The highest BCUT2D eigenvalue weighted by atomic mass is 35.5. The van der Waals surface area contributed by atoms with Crippen molar-refractivity contribution >= 4 is 11.6 Å². The van der Waals surface area contributed by atoms with Crippen LogP contribution >= 0.6 is 11.6 Å². The van der Waals surface area contributed by atoms with Crippen LogP contribution in [0, 0.1) is 5.92 Å². The summed E-state index contributed by atoms with van der Waals surface area (Å²) >= 11 is 6.19. The van der Waals surface area contributed by atoms with Crippen molar-refractivity contribution in [3.63, 3.8) is 0 Å². The van der Waals surface area contributed by atoms with Gasteiger partial charge in [0, 0.05) is 22.9 Å². The molecule has 0 aromatic heterocycles. The lowest BCUT2D eigenvalue weighted by molar-refractivity contribution is 0.0174. The predicted molar refractivity (Wildman–Crippen MR) is 71.3 cm³/mol. The van der Waals surface area contributed by atoms with Crippen LogP contribution in [0.25, 0.3) is 0 Å². The molecular weight excluding hydrogens is 254 g/mol. The van der Waals surface area contributed by atoms with Crippen LogP contribution in [-0.2, 0) is 11.3 Å². The van der Waals surface area contributed by atoms with E-state index in [1.165, 1.54) is 12.1 Å². The number of hydrogen-bond acceptors (Lipinski definition) is 0. The van der Waals surface area contributed by atoms with Crippen molar-refractivity contribution < 1.29 is 8.78 Å². The van der Waals surface area contributed by atoms with Crippen LogP contribution in [0.4, 0.5) is 8.78 Å². The van der Waals surface area contributed by atoms with E-state index in [1.807, 2.05) is 6.08 Å². The molecule has 0 bridgehead atoms. The summed E-state index contributed by atoms with van der Waals surface area (Å²) in [4.78, 5) is 0. The lowest BCUT2D eigenvalue weighted by Gasteiger charge is -2.23. The van der Waals surface area contributed by atoms with Crippen molar-refractivity contribution in [2.45, 2.75) is 38.0 Å². The van der Waals surface area contributed by atoms with Gasteiger partial charge in [-0.25, -0.2) is 8.78 Å². The molecule has 0 amide bonds. The summed E-state index contributed by atoms with van der Waals surface area (Å²) in [6, 6.07) is 4.63. The van der Waals surface area contributed by atoms with E-state index in [9.17, 15) is 8.78 Å². The van der Waals surface area contributed by atoms with Gasteiger partial charge in [-0.05, 0) is 30.4 Å². The van der Waals surface area contributed by atoms with E-state index >= 15 is 0 Å². The molecule has 0 N–H and O–H groups in total. The van der Waals surface area contributed by atoms with Crippen molar-refractivity contribution in [1.82, 2.24) is 0 Å². The van der Waals surface area contributed by atoms with Gasteiger partial charge in [0.05, 0.1) is 0 Å². The molecule has 0 heterocycles. The number of alkyl halides is 2. The number of halogens is 3. The van der Waals surface area contributed by atoms with Crippen LogP contribution in [0.1, 0.15) is 37.8 Å². The molecule has 0 nitrogen and oxygen atoms in total. The Balaban J connectivity index is 2.40. The maximum Gasteiger partial charge on any atom is 0.270 e. The van der Waals surface area contributed by atoms with E-state index in [1.54, 1.807) is 6.07 Å². The Hall–Kier alpha value is -0.890. The molecule has 1 aromatic rings. The summed E-state index contributed by atoms with van der Waals surface area (Å²) in [5, 5.41) is 0.445. The van der Waals surface area contributed by atoms with E-state index in [0.29, 0.717) is 10.9 Å². The third kappa shape index (κ3) is 2.18. The van der Waals surface area contributed by atoms with Gasteiger partial charge >= 0.3 is 0 Å². The highest BCUT2D eigenvalue weighted by Crippen LogP contribution is 2.56. The van der Waals surface area contributed by atoms with Gasteiger partial charge < -0.3 is 0 Å². The second-order valence-electron chi connectivity index (χ2n) is 5.26. The molecule has 0 spiro atoms. The van der Waals surface area contributed by atoms with E-state index < -0.39 is 5.92 Å². The Labute approximate surface area is 112 Å². The normalized spacial score (nSPS) is 19.4. The molecular formula is C15H17ClF2. The van der Waals surface area contributed by atoms with E-state index in [0.717, 1.165) is 25.3 Å². The average molecular weight is 271 g/mol. The van der Waals surface area contributed by atoms with Gasteiger partial charge in [-0.1, -0.05) is 36.7 Å². The monoisotopic (exact) mass is 270 g/mol. The van der Waals surface area contributed by atoms with Gasteiger partial charge in [-0.3, -0.25) is 0 Å². The fourth-order valence-electron chi connectivity index (χ4n) is 2.52. The van der Waals surface area contributed by atoms with Gasteiger partial charge in [0.25, 0.3) is 5.92 Å². The minimum Gasteiger partial charge on any atom is -0.202 e. The Morgan fingerprint density at radius 1 is 1.44 bits per heavy atom. The second-order valence-corrected chi connectivity index (χ2v) is 5.67. The maximum atomic E-state index is 13.2. The highest BCUT2D eigenvalue weighted by molar-refractivity contribution is 6.31. The van der Waals surface area contributed by atoms with E-state index in [2.05, 4.69) is 13.5 Å². The lowest BCUT2D eigenvalue weighted by Crippen LogP contribution is -2.17. The number of benzene rings is 1. The average Bonchev–Trinajstić information content (AvgIpc) is 3.08. The SMILES string of the molecule is C=CC(C)C1(c2ccc(C(C)(F)F)cc2Cl)CC1. The first kappa shape index (κ1) is 13.5. The Bertz CT molecular complexity index is 470. The second kappa shape index (κ2) is 4.34. The van der Waals surface area contributed by atoms with Crippen molar-refractivity contribution in [1.29, 1.82) is 0 Å². The van der Waals surface area contributed by atoms with Crippen LogP contribution in [0.15, 0.2) is 30.9 Å². The molecule has 2 rings (SSSR count). The minimum absolute atomic E-state index is 0.0143. The molecule has 1 saturated carbocycles. The van der Waals surface area contributed by atoms with Crippen LogP contribution in [-0.4, -0.2) is 0 Å². The number of hydrogen-bond donors (Lipinski definition) is 0. The first-order valence-corrected chi connectivity index (χ1v) is 6.50. The molecule has 98 valence electrons. The molecule has 3 heteroatoms. The minimum atomic E-state index is -2.84. The number of rotatable bonds is 4. The predicted octanol–water partition coefficient (Wildman–Crippen LogP) is 5.31. The Morgan fingerprint density at radius 3 is 2.44 bits per heavy atom. The van der Waals surface area contributed by atoms with Crippen LogP contribution in [0.5, 0.6) is 0 Å². The molecule has 1 aliphatic carbocycles. The third-order valence-electron chi connectivity index (χ3n) is 4.03. The molecule has 0 radical (unpaired) electrons. The van der Waals surface area contributed by atoms with Crippen molar-refractivity contribution in [2.24, 2.45) is 5.92 Å². The first-order valence-electron chi connectivity index (χ1n) is 6.12. The maximum absolute atomic E-state index is 13.2. The fourth-order valence-corrected chi connectivity index (χ4v) is 2.89. The van der Waals surface area contributed by atoms with Crippen molar-refractivity contribution in [3.8, 4) is 0 Å². The molecule has 0 saturated heterocycles. The molecule has 18 heavy (non-hydrogen) atoms. The standard InChI is InChI=1S/C15H17ClF2/c1-4-10(2)15(7-8-15)12-6-5-11(9-13(12)16)14(3,17)18/h4-6,9-10H,1,7-8H2,2-3H3. The molecule has 0 aliphatic heterocycles. The van der Waals surface area contributed by atoms with Crippen molar-refractivity contribution in [3.05, 3.63) is 47.0 Å². The molecule has 1 atom stereocenters. The molecule has 1 aliphatic rings. The van der Waals surface area contributed by atoms with Crippen LogP contribution in [0.3, 0.4) is 0 Å². The zero-order valence-electron chi connectivity index (χ0n) is 10.6. The first-order chi connectivity index (χ1) is 8.31. The van der Waals surface area contributed by atoms with Gasteiger partial charge in [0.15, 0.2) is 0 Å². The Kier molecular flexibility index (Phi) is 3.26. The van der Waals surface area contributed by atoms with Crippen LogP contribution < -0.4 is 0 Å². The van der Waals surface area contributed by atoms with Gasteiger partial charge in [0.1, 0.15) is 0 Å². The summed E-state index contributed by atoms with van der Waals surface area (Å²) < 4.78 is 26.5. The summed E-state index contributed by atoms with van der Waals surface area (Å²) in [6.45, 7) is 6.80. The van der Waals surface area contributed by atoms with Crippen LogP contribution in [0.2, 0.25) is 5.02 Å². The molecule has 1 aromatic carbocycles. The lowest BCUT2D eigenvalue weighted by atomic mass is 9.83. The quantitative estimate of drug-likeness (QED) is 0.651. The highest BCUT2D eigenvalue weighted by Gasteiger charge is 2.48. The summed E-state index contributed by atoms with van der Waals surface area (Å²) in [5.41, 5.74) is 0.961. The van der Waals surface area contributed by atoms with Gasteiger partial charge in [-0.2, -0.15) is 0 Å². The number of allylic oxidation sites excluding steroid dienone is 1. The topological polar surface area (TPSA) is 0 Å². The van der Waals surface area contributed by atoms with E-state index in [4.69, 9.17) is 11.6 Å². The summed E-state index contributed by atoms with van der Waals surface area (Å²) in [6.07, 6.45) is 4.00.